The average Bonchev–Trinajstić information content (AvgIpc) is 3.06. The standard InChI is InChI=1S/C23H14Cl2F2N2O4/c1-33-22-14(8-12(24)9-15(22)25)20(30)18-19(11-4-6-28-7-5-11)29(23(32)21(18)31)13-2-3-16(26)17(27)10-13/h2-10,19,30H,1H3/b20-18+. The molecule has 1 amide bonds. The van der Waals surface area contributed by atoms with Crippen molar-refractivity contribution in [2.75, 3.05) is 12.0 Å². The summed E-state index contributed by atoms with van der Waals surface area (Å²) in [5.74, 6) is -4.97. The van der Waals surface area contributed by atoms with Crippen LogP contribution in [0.3, 0.4) is 0 Å². The fourth-order valence-corrected chi connectivity index (χ4v) is 4.25. The molecule has 1 aromatic heterocycles. The second kappa shape index (κ2) is 8.80. The second-order valence-corrected chi connectivity index (χ2v) is 7.86. The van der Waals surface area contributed by atoms with Crippen LogP contribution < -0.4 is 9.64 Å². The summed E-state index contributed by atoms with van der Waals surface area (Å²) < 4.78 is 32.8. The molecule has 1 fully saturated rings. The van der Waals surface area contributed by atoms with E-state index in [1.807, 2.05) is 0 Å². The van der Waals surface area contributed by atoms with Crippen LogP contribution in [-0.2, 0) is 9.59 Å². The summed E-state index contributed by atoms with van der Waals surface area (Å²) in [6.07, 6.45) is 2.86. The molecule has 6 nitrogen and oxygen atoms in total. The lowest BCUT2D eigenvalue weighted by Crippen LogP contribution is -2.29. The van der Waals surface area contributed by atoms with Gasteiger partial charge >= 0.3 is 0 Å². The third kappa shape index (κ3) is 3.92. The number of aliphatic hydroxyl groups is 1. The van der Waals surface area contributed by atoms with Gasteiger partial charge in [0.15, 0.2) is 11.6 Å². The zero-order valence-electron chi connectivity index (χ0n) is 16.9. The first-order valence-electron chi connectivity index (χ1n) is 9.44. The molecule has 2 aromatic carbocycles. The van der Waals surface area contributed by atoms with E-state index in [4.69, 9.17) is 27.9 Å². The van der Waals surface area contributed by atoms with Crippen LogP contribution in [0.1, 0.15) is 17.2 Å². The predicted octanol–water partition coefficient (Wildman–Crippen LogP) is 5.30. The maximum atomic E-state index is 14.0. The number of Topliss-reactive ketones (excluding diaryl/α,β-unsaturated/α-hetero) is 1. The lowest BCUT2D eigenvalue weighted by molar-refractivity contribution is -0.132. The Morgan fingerprint density at radius 2 is 1.76 bits per heavy atom. The van der Waals surface area contributed by atoms with Crippen molar-refractivity contribution in [1.82, 2.24) is 4.98 Å². The molecular formula is C23H14Cl2F2N2O4. The van der Waals surface area contributed by atoms with Crippen molar-refractivity contribution in [1.29, 1.82) is 0 Å². The minimum absolute atomic E-state index is 0.0163. The summed E-state index contributed by atoms with van der Waals surface area (Å²) in [4.78, 5) is 31.0. The summed E-state index contributed by atoms with van der Waals surface area (Å²) in [6, 6.07) is 7.39. The number of halogens is 4. The van der Waals surface area contributed by atoms with E-state index in [2.05, 4.69) is 4.98 Å². The highest BCUT2D eigenvalue weighted by Gasteiger charge is 2.47. The highest BCUT2D eigenvalue weighted by molar-refractivity contribution is 6.51. The van der Waals surface area contributed by atoms with E-state index in [0.717, 1.165) is 23.1 Å². The van der Waals surface area contributed by atoms with E-state index in [9.17, 15) is 23.5 Å². The Labute approximate surface area is 196 Å². The van der Waals surface area contributed by atoms with Gasteiger partial charge in [0.25, 0.3) is 11.7 Å². The van der Waals surface area contributed by atoms with E-state index >= 15 is 0 Å². The number of rotatable bonds is 4. The maximum absolute atomic E-state index is 14.0. The van der Waals surface area contributed by atoms with Crippen LogP contribution in [0.5, 0.6) is 5.75 Å². The van der Waals surface area contributed by atoms with Gasteiger partial charge in [-0.25, -0.2) is 8.78 Å². The van der Waals surface area contributed by atoms with E-state index < -0.39 is 35.1 Å². The molecule has 4 rings (SSSR count). The Bertz CT molecular complexity index is 1320. The van der Waals surface area contributed by atoms with Crippen LogP contribution >= 0.6 is 23.2 Å². The number of amides is 1. The summed E-state index contributed by atoms with van der Waals surface area (Å²) in [7, 11) is 1.31. The molecule has 1 saturated heterocycles. The number of anilines is 1. The number of carbonyl (C=O) groups is 2. The van der Waals surface area contributed by atoms with Gasteiger partial charge in [-0.15, -0.1) is 0 Å². The van der Waals surface area contributed by atoms with E-state index in [0.29, 0.717) is 5.56 Å². The van der Waals surface area contributed by atoms with Gasteiger partial charge < -0.3 is 9.84 Å². The molecule has 0 saturated carbocycles. The summed E-state index contributed by atoms with van der Waals surface area (Å²) >= 11 is 12.3. The molecule has 0 spiro atoms. The number of ether oxygens (including phenoxy) is 1. The van der Waals surface area contributed by atoms with Crippen LogP contribution in [0.4, 0.5) is 14.5 Å². The number of methoxy groups -OCH3 is 1. The van der Waals surface area contributed by atoms with Gasteiger partial charge in [0.1, 0.15) is 11.5 Å². The van der Waals surface area contributed by atoms with Crippen LogP contribution in [0.15, 0.2) is 60.4 Å². The Balaban J connectivity index is 2.00. The Morgan fingerprint density at radius 1 is 1.06 bits per heavy atom. The number of hydrogen-bond acceptors (Lipinski definition) is 5. The summed E-state index contributed by atoms with van der Waals surface area (Å²) in [6.45, 7) is 0. The van der Waals surface area contributed by atoms with Gasteiger partial charge in [-0.3, -0.25) is 19.5 Å². The van der Waals surface area contributed by atoms with Gasteiger partial charge in [-0.05, 0) is 42.0 Å². The molecule has 1 aliphatic rings. The molecule has 10 heteroatoms. The number of carbonyl (C=O) groups excluding carboxylic acids is 2. The van der Waals surface area contributed by atoms with Crippen LogP contribution in [0.25, 0.3) is 5.76 Å². The number of hydrogen-bond donors (Lipinski definition) is 1. The van der Waals surface area contributed by atoms with Gasteiger partial charge in [0.05, 0.1) is 29.3 Å². The van der Waals surface area contributed by atoms with Gasteiger partial charge in [-0.1, -0.05) is 23.2 Å². The smallest absolute Gasteiger partial charge is 0.300 e. The number of pyridine rings is 1. The molecule has 1 aliphatic heterocycles. The van der Waals surface area contributed by atoms with Crippen molar-refractivity contribution < 1.29 is 28.2 Å². The molecule has 0 aliphatic carbocycles. The lowest BCUT2D eigenvalue weighted by Gasteiger charge is -2.25. The minimum atomic E-state index is -1.20. The van der Waals surface area contributed by atoms with Gasteiger partial charge in [0, 0.05) is 29.2 Å². The zero-order valence-corrected chi connectivity index (χ0v) is 18.4. The molecule has 0 radical (unpaired) electrons. The molecule has 0 bridgehead atoms. The molecule has 2 heterocycles. The molecule has 33 heavy (non-hydrogen) atoms. The lowest BCUT2D eigenvalue weighted by atomic mass is 9.95. The Morgan fingerprint density at radius 3 is 2.39 bits per heavy atom. The number of ketones is 1. The first-order valence-corrected chi connectivity index (χ1v) is 10.2. The number of aromatic nitrogens is 1. The monoisotopic (exact) mass is 490 g/mol. The fourth-order valence-electron chi connectivity index (χ4n) is 3.68. The van der Waals surface area contributed by atoms with Crippen molar-refractivity contribution in [3.8, 4) is 5.75 Å². The molecule has 1 unspecified atom stereocenters. The topological polar surface area (TPSA) is 79.7 Å². The van der Waals surface area contributed by atoms with Gasteiger partial charge in [0.2, 0.25) is 0 Å². The van der Waals surface area contributed by atoms with E-state index in [1.54, 1.807) is 0 Å². The largest absolute Gasteiger partial charge is 0.507 e. The number of nitrogens with zero attached hydrogens (tertiary/aromatic N) is 2. The van der Waals surface area contributed by atoms with Crippen molar-refractivity contribution >= 4 is 46.3 Å². The first-order chi connectivity index (χ1) is 15.7. The maximum Gasteiger partial charge on any atom is 0.300 e. The van der Waals surface area contributed by atoms with E-state index in [1.165, 1.54) is 43.8 Å². The summed E-state index contributed by atoms with van der Waals surface area (Å²) in [5, 5.41) is 11.4. The molecule has 1 atom stereocenters. The van der Waals surface area contributed by atoms with Crippen LogP contribution in [0.2, 0.25) is 10.0 Å². The quantitative estimate of drug-likeness (QED) is 0.305. The fraction of sp³-hybridized carbons (Fsp3) is 0.0870. The second-order valence-electron chi connectivity index (χ2n) is 7.02. The third-order valence-corrected chi connectivity index (χ3v) is 5.61. The molecular weight excluding hydrogens is 477 g/mol. The zero-order chi connectivity index (χ0) is 23.9. The van der Waals surface area contributed by atoms with Gasteiger partial charge in [-0.2, -0.15) is 0 Å². The number of benzene rings is 2. The van der Waals surface area contributed by atoms with Crippen molar-refractivity contribution in [2.45, 2.75) is 6.04 Å². The van der Waals surface area contributed by atoms with Crippen molar-refractivity contribution in [3.05, 3.63) is 93.2 Å². The first kappa shape index (κ1) is 22.7. The highest BCUT2D eigenvalue weighted by Crippen LogP contribution is 2.44. The SMILES string of the molecule is COc1c(Cl)cc(Cl)cc1/C(O)=C1\C(=O)C(=O)N(c2ccc(F)c(F)c2)C1c1ccncc1. The summed E-state index contributed by atoms with van der Waals surface area (Å²) in [5.41, 5.74) is -0.0135. The number of aliphatic hydroxyl groups excluding tert-OH is 1. The highest BCUT2D eigenvalue weighted by atomic mass is 35.5. The van der Waals surface area contributed by atoms with Crippen LogP contribution in [0, 0.1) is 11.6 Å². The van der Waals surface area contributed by atoms with Crippen LogP contribution in [-0.4, -0.2) is 28.9 Å². The molecule has 168 valence electrons. The molecule has 1 N–H and O–H groups in total. The predicted molar refractivity (Wildman–Crippen MR) is 118 cm³/mol. The molecule has 3 aromatic rings. The Hall–Kier alpha value is -3.49. The normalized spacial score (nSPS) is 17.5. The van der Waals surface area contributed by atoms with Crippen molar-refractivity contribution in [3.63, 3.8) is 0 Å². The average molecular weight is 491 g/mol. The van der Waals surface area contributed by atoms with Crippen molar-refractivity contribution in [2.24, 2.45) is 0 Å². The third-order valence-electron chi connectivity index (χ3n) is 5.12. The Kier molecular flexibility index (Phi) is 6.05. The minimum Gasteiger partial charge on any atom is -0.507 e. The van der Waals surface area contributed by atoms with E-state index in [-0.39, 0.29) is 32.6 Å².